The minimum Gasteiger partial charge on any atom is -0.337 e. The van der Waals surface area contributed by atoms with Gasteiger partial charge in [0.2, 0.25) is 0 Å². The van der Waals surface area contributed by atoms with Crippen molar-refractivity contribution in [2.24, 2.45) is 0 Å². The lowest BCUT2D eigenvalue weighted by Crippen LogP contribution is -2.37. The Bertz CT molecular complexity index is 795. The molecule has 2 amide bonds. The fourth-order valence-electron chi connectivity index (χ4n) is 3.29. The Balaban J connectivity index is 1.65. The van der Waals surface area contributed by atoms with Gasteiger partial charge in [-0.25, -0.2) is 0 Å². The summed E-state index contributed by atoms with van der Waals surface area (Å²) in [5.41, 5.74) is 2.57. The van der Waals surface area contributed by atoms with Gasteiger partial charge < -0.3 is 9.80 Å². The van der Waals surface area contributed by atoms with Crippen LogP contribution in [0.2, 0.25) is 0 Å². The minimum absolute atomic E-state index is 0.0214. The SMILES string of the molecule is CC(C)(C)c1ccc(C(=O)N2CCCN(C(=O)c3cccnc3)CC2)cc1. The zero-order valence-electron chi connectivity index (χ0n) is 16.3. The summed E-state index contributed by atoms with van der Waals surface area (Å²) >= 11 is 0. The maximum atomic E-state index is 12.9. The number of carbonyl (C=O) groups excluding carboxylic acids is 2. The first-order chi connectivity index (χ1) is 12.9. The highest BCUT2D eigenvalue weighted by Crippen LogP contribution is 2.22. The highest BCUT2D eigenvalue weighted by atomic mass is 16.2. The van der Waals surface area contributed by atoms with Gasteiger partial charge in [0.25, 0.3) is 11.8 Å². The molecule has 0 saturated carbocycles. The molecule has 0 radical (unpaired) electrons. The van der Waals surface area contributed by atoms with Crippen molar-refractivity contribution < 1.29 is 9.59 Å². The van der Waals surface area contributed by atoms with E-state index in [0.29, 0.717) is 37.3 Å². The molecule has 5 nitrogen and oxygen atoms in total. The Labute approximate surface area is 161 Å². The Morgan fingerprint density at radius 2 is 1.44 bits per heavy atom. The topological polar surface area (TPSA) is 53.5 Å². The minimum atomic E-state index is -0.0214. The molecule has 0 aliphatic carbocycles. The third-order valence-corrected chi connectivity index (χ3v) is 4.98. The molecule has 0 spiro atoms. The fraction of sp³-hybridized carbons (Fsp3) is 0.409. The lowest BCUT2D eigenvalue weighted by molar-refractivity contribution is 0.0718. The summed E-state index contributed by atoms with van der Waals surface area (Å²) in [5.74, 6) is 0.0121. The van der Waals surface area contributed by atoms with Crippen LogP contribution in [0.25, 0.3) is 0 Å². The second kappa shape index (κ2) is 7.91. The normalized spacial score (nSPS) is 15.4. The average Bonchev–Trinajstić information content (AvgIpc) is 2.93. The zero-order valence-corrected chi connectivity index (χ0v) is 16.3. The van der Waals surface area contributed by atoms with Gasteiger partial charge in [-0.1, -0.05) is 32.9 Å². The van der Waals surface area contributed by atoms with Crippen LogP contribution in [-0.4, -0.2) is 52.8 Å². The number of amides is 2. The molecule has 1 saturated heterocycles. The zero-order chi connectivity index (χ0) is 19.4. The van der Waals surface area contributed by atoms with Crippen molar-refractivity contribution in [1.82, 2.24) is 14.8 Å². The van der Waals surface area contributed by atoms with Gasteiger partial charge in [0.1, 0.15) is 0 Å². The molecule has 1 fully saturated rings. The maximum Gasteiger partial charge on any atom is 0.255 e. The molecule has 1 aliphatic heterocycles. The van der Waals surface area contributed by atoms with Crippen LogP contribution in [0.3, 0.4) is 0 Å². The molecule has 142 valence electrons. The van der Waals surface area contributed by atoms with Gasteiger partial charge in [-0.05, 0) is 41.7 Å². The van der Waals surface area contributed by atoms with Gasteiger partial charge in [-0.3, -0.25) is 14.6 Å². The van der Waals surface area contributed by atoms with E-state index in [0.717, 1.165) is 6.42 Å². The van der Waals surface area contributed by atoms with E-state index in [-0.39, 0.29) is 17.2 Å². The van der Waals surface area contributed by atoms with Gasteiger partial charge in [0.05, 0.1) is 5.56 Å². The molecule has 0 N–H and O–H groups in total. The molecular weight excluding hydrogens is 338 g/mol. The Kier molecular flexibility index (Phi) is 5.59. The molecule has 0 unspecified atom stereocenters. The van der Waals surface area contributed by atoms with Crippen LogP contribution in [0, 0.1) is 0 Å². The maximum absolute atomic E-state index is 12.9. The van der Waals surface area contributed by atoms with Crippen molar-refractivity contribution in [2.75, 3.05) is 26.2 Å². The predicted molar refractivity (Wildman–Crippen MR) is 106 cm³/mol. The smallest absolute Gasteiger partial charge is 0.255 e. The number of benzene rings is 1. The van der Waals surface area contributed by atoms with E-state index in [9.17, 15) is 9.59 Å². The van der Waals surface area contributed by atoms with Gasteiger partial charge in [-0.2, -0.15) is 0 Å². The van der Waals surface area contributed by atoms with Crippen LogP contribution in [0.4, 0.5) is 0 Å². The monoisotopic (exact) mass is 365 g/mol. The molecule has 2 aromatic rings. The van der Waals surface area contributed by atoms with Crippen LogP contribution in [-0.2, 0) is 5.41 Å². The average molecular weight is 365 g/mol. The van der Waals surface area contributed by atoms with Crippen molar-refractivity contribution in [3.05, 3.63) is 65.5 Å². The summed E-state index contributed by atoms with van der Waals surface area (Å²) in [6, 6.07) is 11.4. The molecule has 5 heteroatoms. The lowest BCUT2D eigenvalue weighted by atomic mass is 9.86. The Hall–Kier alpha value is -2.69. The molecule has 3 rings (SSSR count). The van der Waals surface area contributed by atoms with E-state index in [1.54, 1.807) is 24.5 Å². The molecule has 1 aromatic heterocycles. The predicted octanol–water partition coefficient (Wildman–Crippen LogP) is 3.37. The summed E-state index contributed by atoms with van der Waals surface area (Å²) < 4.78 is 0. The first-order valence-corrected chi connectivity index (χ1v) is 9.45. The summed E-state index contributed by atoms with van der Waals surface area (Å²) in [5, 5.41) is 0. The van der Waals surface area contributed by atoms with Crippen molar-refractivity contribution in [2.45, 2.75) is 32.6 Å². The van der Waals surface area contributed by atoms with Crippen molar-refractivity contribution >= 4 is 11.8 Å². The van der Waals surface area contributed by atoms with Gasteiger partial charge in [-0.15, -0.1) is 0 Å². The van der Waals surface area contributed by atoms with E-state index in [1.165, 1.54) is 5.56 Å². The Morgan fingerprint density at radius 1 is 0.852 bits per heavy atom. The number of pyridine rings is 1. The number of hydrogen-bond acceptors (Lipinski definition) is 3. The van der Waals surface area contributed by atoms with Crippen LogP contribution in [0.1, 0.15) is 53.5 Å². The molecule has 2 heterocycles. The highest BCUT2D eigenvalue weighted by Gasteiger charge is 2.24. The summed E-state index contributed by atoms with van der Waals surface area (Å²) in [6.45, 7) is 8.88. The van der Waals surface area contributed by atoms with Crippen LogP contribution in [0.5, 0.6) is 0 Å². The number of nitrogens with zero attached hydrogens (tertiary/aromatic N) is 3. The molecule has 27 heavy (non-hydrogen) atoms. The third-order valence-electron chi connectivity index (χ3n) is 4.98. The Morgan fingerprint density at radius 3 is 1.96 bits per heavy atom. The van der Waals surface area contributed by atoms with E-state index in [2.05, 4.69) is 25.8 Å². The molecule has 0 bridgehead atoms. The van der Waals surface area contributed by atoms with E-state index in [1.807, 2.05) is 34.1 Å². The number of hydrogen-bond donors (Lipinski definition) is 0. The second-order valence-electron chi connectivity index (χ2n) is 8.01. The molecule has 0 atom stereocenters. The first kappa shape index (κ1) is 19.1. The molecular formula is C22H27N3O2. The van der Waals surface area contributed by atoms with E-state index in [4.69, 9.17) is 0 Å². The van der Waals surface area contributed by atoms with Gasteiger partial charge in [0, 0.05) is 44.1 Å². The number of rotatable bonds is 2. The fourth-order valence-corrected chi connectivity index (χ4v) is 3.29. The number of carbonyl (C=O) groups is 2. The van der Waals surface area contributed by atoms with Crippen molar-refractivity contribution in [3.8, 4) is 0 Å². The van der Waals surface area contributed by atoms with Crippen LogP contribution < -0.4 is 0 Å². The quantitative estimate of drug-likeness (QED) is 0.820. The molecule has 1 aliphatic rings. The van der Waals surface area contributed by atoms with Gasteiger partial charge >= 0.3 is 0 Å². The summed E-state index contributed by atoms with van der Waals surface area (Å²) in [6.07, 6.45) is 4.02. The first-order valence-electron chi connectivity index (χ1n) is 9.45. The van der Waals surface area contributed by atoms with Crippen LogP contribution >= 0.6 is 0 Å². The van der Waals surface area contributed by atoms with E-state index >= 15 is 0 Å². The van der Waals surface area contributed by atoms with Crippen LogP contribution in [0.15, 0.2) is 48.8 Å². The molecule has 1 aromatic carbocycles. The van der Waals surface area contributed by atoms with Gasteiger partial charge in [0.15, 0.2) is 0 Å². The number of aromatic nitrogens is 1. The summed E-state index contributed by atoms with van der Waals surface area (Å²) in [7, 11) is 0. The highest BCUT2D eigenvalue weighted by molar-refractivity contribution is 5.95. The standard InChI is InChI=1S/C22H27N3O2/c1-22(2,3)19-9-7-17(8-10-19)20(26)24-12-5-13-25(15-14-24)21(27)18-6-4-11-23-16-18/h4,6-11,16H,5,12-15H2,1-3H3. The summed E-state index contributed by atoms with van der Waals surface area (Å²) in [4.78, 5) is 33.2. The largest absolute Gasteiger partial charge is 0.337 e. The van der Waals surface area contributed by atoms with Crippen molar-refractivity contribution in [3.63, 3.8) is 0 Å². The van der Waals surface area contributed by atoms with E-state index < -0.39 is 0 Å². The lowest BCUT2D eigenvalue weighted by Gasteiger charge is -2.23. The third kappa shape index (κ3) is 4.54. The van der Waals surface area contributed by atoms with Crippen molar-refractivity contribution in [1.29, 1.82) is 0 Å². The second-order valence-corrected chi connectivity index (χ2v) is 8.01.